The van der Waals surface area contributed by atoms with Crippen LogP contribution in [0.5, 0.6) is 0 Å². The summed E-state index contributed by atoms with van der Waals surface area (Å²) in [5, 5.41) is 0. The standard InChI is InChI=1S/C9H12FN3O2/c10-7-4-13(9(14)12-8(7)11)3-6-1-2-15-5-6/h4,6H,1-3,5H2,(H2,11,12,14). The maximum atomic E-state index is 13.1. The lowest BCUT2D eigenvalue weighted by Crippen LogP contribution is -2.27. The number of nitrogen functional groups attached to an aromatic ring is 1. The topological polar surface area (TPSA) is 70.1 Å². The Labute approximate surface area is 85.7 Å². The Morgan fingerprint density at radius 1 is 1.73 bits per heavy atom. The molecule has 2 heterocycles. The number of anilines is 1. The second-order valence-electron chi connectivity index (χ2n) is 3.64. The van der Waals surface area contributed by atoms with Gasteiger partial charge >= 0.3 is 5.69 Å². The summed E-state index contributed by atoms with van der Waals surface area (Å²) < 4.78 is 19.5. The lowest BCUT2D eigenvalue weighted by molar-refractivity contribution is 0.182. The van der Waals surface area contributed by atoms with Crippen LogP contribution in [0.2, 0.25) is 0 Å². The van der Waals surface area contributed by atoms with Crippen LogP contribution in [-0.2, 0) is 11.3 Å². The highest BCUT2D eigenvalue weighted by Crippen LogP contribution is 2.14. The molecule has 1 aliphatic rings. The Balaban J connectivity index is 2.20. The highest BCUT2D eigenvalue weighted by molar-refractivity contribution is 5.26. The molecular formula is C9H12FN3O2. The van der Waals surface area contributed by atoms with E-state index >= 15 is 0 Å². The molecule has 0 saturated carbocycles. The first-order valence-corrected chi connectivity index (χ1v) is 4.77. The van der Waals surface area contributed by atoms with Crippen molar-refractivity contribution in [3.05, 3.63) is 22.5 Å². The number of ether oxygens (including phenoxy) is 1. The summed E-state index contributed by atoms with van der Waals surface area (Å²) in [4.78, 5) is 14.7. The SMILES string of the molecule is Nc1nc(=O)n(CC2CCOC2)cc1F. The van der Waals surface area contributed by atoms with E-state index in [0.29, 0.717) is 19.8 Å². The molecule has 0 spiro atoms. The molecule has 15 heavy (non-hydrogen) atoms. The zero-order chi connectivity index (χ0) is 10.8. The number of halogens is 1. The minimum Gasteiger partial charge on any atom is -0.381 e. The van der Waals surface area contributed by atoms with Crippen LogP contribution in [0.25, 0.3) is 0 Å². The molecule has 2 N–H and O–H groups in total. The van der Waals surface area contributed by atoms with E-state index in [1.165, 1.54) is 4.57 Å². The highest BCUT2D eigenvalue weighted by Gasteiger charge is 2.17. The van der Waals surface area contributed by atoms with Gasteiger partial charge in [0.2, 0.25) is 0 Å². The van der Waals surface area contributed by atoms with Crippen molar-refractivity contribution in [3.63, 3.8) is 0 Å². The van der Waals surface area contributed by atoms with E-state index in [0.717, 1.165) is 12.6 Å². The first kappa shape index (κ1) is 10.1. The van der Waals surface area contributed by atoms with E-state index in [4.69, 9.17) is 10.5 Å². The minimum absolute atomic E-state index is 0.257. The van der Waals surface area contributed by atoms with Crippen LogP contribution in [0.4, 0.5) is 10.2 Å². The first-order chi connectivity index (χ1) is 7.16. The van der Waals surface area contributed by atoms with E-state index in [-0.39, 0.29) is 11.7 Å². The molecule has 1 aliphatic heterocycles. The average molecular weight is 213 g/mol. The highest BCUT2D eigenvalue weighted by atomic mass is 19.1. The lowest BCUT2D eigenvalue weighted by atomic mass is 10.1. The molecule has 1 fully saturated rings. The number of hydrogen-bond acceptors (Lipinski definition) is 4. The van der Waals surface area contributed by atoms with Gasteiger partial charge in [-0.25, -0.2) is 9.18 Å². The van der Waals surface area contributed by atoms with Crippen LogP contribution >= 0.6 is 0 Å². The molecule has 0 amide bonds. The molecule has 1 aromatic heterocycles. The second-order valence-corrected chi connectivity index (χ2v) is 3.64. The number of nitrogens with zero attached hydrogens (tertiary/aromatic N) is 2. The van der Waals surface area contributed by atoms with Gasteiger partial charge in [-0.1, -0.05) is 0 Å². The maximum Gasteiger partial charge on any atom is 0.349 e. The third-order valence-corrected chi connectivity index (χ3v) is 2.45. The van der Waals surface area contributed by atoms with Crippen molar-refractivity contribution < 1.29 is 9.13 Å². The predicted molar refractivity (Wildman–Crippen MR) is 51.8 cm³/mol. The molecule has 1 atom stereocenters. The van der Waals surface area contributed by atoms with Gasteiger partial charge in [-0.2, -0.15) is 4.98 Å². The zero-order valence-corrected chi connectivity index (χ0v) is 8.15. The Kier molecular flexibility index (Phi) is 2.68. The lowest BCUT2D eigenvalue weighted by Gasteiger charge is -2.09. The zero-order valence-electron chi connectivity index (χ0n) is 8.15. The second kappa shape index (κ2) is 3.98. The molecule has 0 aliphatic carbocycles. The van der Waals surface area contributed by atoms with Crippen LogP contribution in [0, 0.1) is 11.7 Å². The summed E-state index contributed by atoms with van der Waals surface area (Å²) in [5.41, 5.74) is 4.66. The first-order valence-electron chi connectivity index (χ1n) is 4.77. The molecule has 0 aromatic carbocycles. The molecule has 1 unspecified atom stereocenters. The van der Waals surface area contributed by atoms with Crippen molar-refractivity contribution in [1.82, 2.24) is 9.55 Å². The minimum atomic E-state index is -0.659. The summed E-state index contributed by atoms with van der Waals surface area (Å²) in [5.74, 6) is -0.750. The van der Waals surface area contributed by atoms with Gasteiger partial charge in [0.1, 0.15) is 0 Å². The maximum absolute atomic E-state index is 13.1. The molecule has 1 aromatic rings. The number of aromatic nitrogens is 2. The van der Waals surface area contributed by atoms with E-state index in [9.17, 15) is 9.18 Å². The van der Waals surface area contributed by atoms with Gasteiger partial charge in [0.25, 0.3) is 0 Å². The van der Waals surface area contributed by atoms with Crippen LogP contribution in [-0.4, -0.2) is 22.8 Å². The van der Waals surface area contributed by atoms with Crippen LogP contribution in [0.1, 0.15) is 6.42 Å². The summed E-state index contributed by atoms with van der Waals surface area (Å²) in [6.07, 6.45) is 1.99. The van der Waals surface area contributed by atoms with Gasteiger partial charge in [0, 0.05) is 25.3 Å². The predicted octanol–water partition coefficient (Wildman–Crippen LogP) is 0.00110. The third kappa shape index (κ3) is 2.15. The van der Waals surface area contributed by atoms with E-state index in [2.05, 4.69) is 4.98 Å². The Hall–Kier alpha value is -1.43. The summed E-state index contributed by atoms with van der Waals surface area (Å²) in [6.45, 7) is 1.74. The van der Waals surface area contributed by atoms with E-state index in [1.54, 1.807) is 0 Å². The van der Waals surface area contributed by atoms with Crippen molar-refractivity contribution in [3.8, 4) is 0 Å². The monoisotopic (exact) mass is 213 g/mol. The van der Waals surface area contributed by atoms with Crippen molar-refractivity contribution in [2.45, 2.75) is 13.0 Å². The molecule has 82 valence electrons. The number of hydrogen-bond donors (Lipinski definition) is 1. The summed E-state index contributed by atoms with van der Waals surface area (Å²) in [7, 11) is 0. The van der Waals surface area contributed by atoms with Gasteiger partial charge in [0.05, 0.1) is 6.61 Å². The summed E-state index contributed by atoms with van der Waals surface area (Å²) >= 11 is 0. The molecule has 0 bridgehead atoms. The summed E-state index contributed by atoms with van der Waals surface area (Å²) in [6, 6.07) is 0. The number of rotatable bonds is 2. The largest absolute Gasteiger partial charge is 0.381 e. The van der Waals surface area contributed by atoms with E-state index in [1.807, 2.05) is 0 Å². The van der Waals surface area contributed by atoms with Gasteiger partial charge in [-0.3, -0.25) is 4.57 Å². The van der Waals surface area contributed by atoms with Gasteiger partial charge < -0.3 is 10.5 Å². The Bertz CT molecular complexity index is 412. The van der Waals surface area contributed by atoms with Crippen LogP contribution < -0.4 is 11.4 Å². The fourth-order valence-electron chi connectivity index (χ4n) is 1.62. The quantitative estimate of drug-likeness (QED) is 0.750. The molecule has 5 nitrogen and oxygen atoms in total. The average Bonchev–Trinajstić information content (AvgIpc) is 2.67. The van der Waals surface area contributed by atoms with Crippen molar-refractivity contribution in [2.75, 3.05) is 18.9 Å². The van der Waals surface area contributed by atoms with Crippen molar-refractivity contribution >= 4 is 5.82 Å². The molecular weight excluding hydrogens is 201 g/mol. The van der Waals surface area contributed by atoms with Crippen LogP contribution in [0.3, 0.4) is 0 Å². The fourth-order valence-corrected chi connectivity index (χ4v) is 1.62. The van der Waals surface area contributed by atoms with Gasteiger partial charge in [0.15, 0.2) is 11.6 Å². The molecule has 0 radical (unpaired) electrons. The third-order valence-electron chi connectivity index (χ3n) is 2.45. The Morgan fingerprint density at radius 3 is 3.20 bits per heavy atom. The van der Waals surface area contributed by atoms with Crippen molar-refractivity contribution in [1.29, 1.82) is 0 Å². The smallest absolute Gasteiger partial charge is 0.349 e. The van der Waals surface area contributed by atoms with Crippen LogP contribution in [0.15, 0.2) is 11.0 Å². The van der Waals surface area contributed by atoms with Gasteiger partial charge in [-0.15, -0.1) is 0 Å². The van der Waals surface area contributed by atoms with E-state index < -0.39 is 11.5 Å². The molecule has 2 rings (SSSR count). The number of nitrogens with two attached hydrogens (primary N) is 1. The fraction of sp³-hybridized carbons (Fsp3) is 0.556. The normalized spacial score (nSPS) is 20.7. The van der Waals surface area contributed by atoms with Gasteiger partial charge in [-0.05, 0) is 6.42 Å². The molecule has 1 saturated heterocycles. The Morgan fingerprint density at radius 2 is 2.53 bits per heavy atom. The molecule has 6 heteroatoms. The van der Waals surface area contributed by atoms with Crippen molar-refractivity contribution in [2.24, 2.45) is 5.92 Å².